The highest BCUT2D eigenvalue weighted by Gasteiger charge is 2.36. The third-order valence-corrected chi connectivity index (χ3v) is 7.31. The Morgan fingerprint density at radius 3 is 2.52 bits per heavy atom. The second kappa shape index (κ2) is 10.3. The van der Waals surface area contributed by atoms with E-state index in [0.29, 0.717) is 25.9 Å². The van der Waals surface area contributed by atoms with E-state index in [1.807, 2.05) is 22.6 Å². The number of carbonyl (C=O) groups is 3. The van der Waals surface area contributed by atoms with E-state index in [4.69, 9.17) is 26.3 Å². The van der Waals surface area contributed by atoms with Gasteiger partial charge < -0.3 is 14.7 Å². The van der Waals surface area contributed by atoms with Crippen LogP contribution in [0.4, 0.5) is 4.79 Å². The zero-order valence-corrected chi connectivity index (χ0v) is 21.5. The molecule has 1 aliphatic rings. The molecule has 1 aliphatic heterocycles. The summed E-state index contributed by atoms with van der Waals surface area (Å²) < 4.78 is 36.8. The fourth-order valence-electron chi connectivity index (χ4n) is 2.72. The van der Waals surface area contributed by atoms with Gasteiger partial charge >= 0.3 is 10.1 Å². The van der Waals surface area contributed by atoms with Gasteiger partial charge in [-0.25, -0.2) is 0 Å². The Kier molecular flexibility index (Phi) is 7.92. The van der Waals surface area contributed by atoms with Crippen LogP contribution in [-0.4, -0.2) is 43.5 Å². The van der Waals surface area contributed by atoms with Crippen LogP contribution in [0.2, 0.25) is 5.02 Å². The number of nitrogens with two attached hydrogens (primary N) is 1. The van der Waals surface area contributed by atoms with Crippen LogP contribution in [0.5, 0.6) is 11.5 Å². The summed E-state index contributed by atoms with van der Waals surface area (Å²) in [6, 6.07) is 8.56. The molecule has 0 radical (unpaired) electrons. The molecule has 1 fully saturated rings. The molecule has 0 aliphatic carbocycles. The summed E-state index contributed by atoms with van der Waals surface area (Å²) in [6.45, 7) is 1.41. The number of primary amides is 1. The van der Waals surface area contributed by atoms with E-state index < -0.39 is 33.7 Å². The average Bonchev–Trinajstić information content (AvgIpc) is 2.98. The smallest absolute Gasteiger partial charge is 0.339 e. The van der Waals surface area contributed by atoms with E-state index in [-0.39, 0.29) is 27.9 Å². The van der Waals surface area contributed by atoms with Crippen molar-refractivity contribution in [2.75, 3.05) is 13.2 Å². The van der Waals surface area contributed by atoms with Gasteiger partial charge in [0.25, 0.3) is 11.1 Å². The fraction of sp³-hybridized carbons (Fsp3) is 0.150. The van der Waals surface area contributed by atoms with Crippen molar-refractivity contribution in [2.45, 2.75) is 11.8 Å². The van der Waals surface area contributed by atoms with Crippen LogP contribution in [0.15, 0.2) is 46.2 Å². The van der Waals surface area contributed by atoms with Crippen LogP contribution in [0, 0.1) is 3.57 Å². The number of thioether (sulfide) groups is 1. The third kappa shape index (κ3) is 5.99. The molecule has 33 heavy (non-hydrogen) atoms. The SMILES string of the molecule is CCOc1cc(/C=C2\SC(=O)N(CC(N)=O)C2=O)cc(I)c1OS(=O)(=O)c1ccc(Cl)cc1. The fourth-order valence-corrected chi connectivity index (χ4v) is 5.52. The highest BCUT2D eigenvalue weighted by Crippen LogP contribution is 2.38. The Labute approximate surface area is 212 Å². The van der Waals surface area contributed by atoms with Crippen molar-refractivity contribution >= 4 is 79.2 Å². The van der Waals surface area contributed by atoms with Gasteiger partial charge in [-0.15, -0.1) is 0 Å². The van der Waals surface area contributed by atoms with Crippen molar-refractivity contribution < 1.29 is 31.7 Å². The van der Waals surface area contributed by atoms with Crippen molar-refractivity contribution in [3.8, 4) is 11.5 Å². The minimum Gasteiger partial charge on any atom is -0.490 e. The van der Waals surface area contributed by atoms with E-state index in [9.17, 15) is 22.8 Å². The second-order valence-corrected chi connectivity index (χ2v) is 10.6. The van der Waals surface area contributed by atoms with Crippen LogP contribution in [0.3, 0.4) is 0 Å². The second-order valence-electron chi connectivity index (χ2n) is 6.49. The van der Waals surface area contributed by atoms with E-state index >= 15 is 0 Å². The molecule has 0 unspecified atom stereocenters. The Morgan fingerprint density at radius 1 is 1.24 bits per heavy atom. The number of benzene rings is 2. The van der Waals surface area contributed by atoms with Crippen molar-refractivity contribution in [2.24, 2.45) is 5.73 Å². The number of halogens is 2. The normalized spacial score (nSPS) is 15.2. The van der Waals surface area contributed by atoms with Crippen LogP contribution in [0.25, 0.3) is 6.08 Å². The molecule has 2 N–H and O–H groups in total. The molecule has 3 amide bonds. The van der Waals surface area contributed by atoms with Crippen molar-refractivity contribution in [3.63, 3.8) is 0 Å². The molecule has 1 saturated heterocycles. The number of rotatable bonds is 8. The third-order valence-electron chi connectivity index (χ3n) is 4.11. The molecule has 174 valence electrons. The Morgan fingerprint density at radius 2 is 1.91 bits per heavy atom. The predicted octanol–water partition coefficient (Wildman–Crippen LogP) is 3.63. The van der Waals surface area contributed by atoms with E-state index in [1.54, 1.807) is 13.0 Å². The number of ether oxygens (including phenoxy) is 1. The Balaban J connectivity index is 1.96. The van der Waals surface area contributed by atoms with Gasteiger partial charge in [0.1, 0.15) is 11.4 Å². The molecule has 2 aromatic rings. The molecular formula is C20H16ClIN2O7S2. The lowest BCUT2D eigenvalue weighted by atomic mass is 10.2. The molecule has 3 rings (SSSR count). The van der Waals surface area contributed by atoms with Gasteiger partial charge in [-0.05, 0) is 89.3 Å². The first-order chi connectivity index (χ1) is 15.5. The summed E-state index contributed by atoms with van der Waals surface area (Å²) in [5.74, 6) is -1.35. The number of hydrogen-bond donors (Lipinski definition) is 1. The highest BCUT2D eigenvalue weighted by molar-refractivity contribution is 14.1. The minimum atomic E-state index is -4.18. The summed E-state index contributed by atoms with van der Waals surface area (Å²) in [5.41, 5.74) is 5.55. The zero-order valence-electron chi connectivity index (χ0n) is 16.9. The molecule has 1 heterocycles. The highest BCUT2D eigenvalue weighted by atomic mass is 127. The monoisotopic (exact) mass is 622 g/mol. The first-order valence-corrected chi connectivity index (χ1v) is 12.9. The predicted molar refractivity (Wildman–Crippen MR) is 131 cm³/mol. The quantitative estimate of drug-likeness (QED) is 0.268. The van der Waals surface area contributed by atoms with Gasteiger partial charge in [0.05, 0.1) is 15.1 Å². The lowest BCUT2D eigenvalue weighted by Gasteiger charge is -2.15. The zero-order chi connectivity index (χ0) is 24.3. The molecule has 2 aromatic carbocycles. The first-order valence-electron chi connectivity index (χ1n) is 9.22. The molecular weight excluding hydrogens is 607 g/mol. The molecule has 0 saturated carbocycles. The first kappa shape index (κ1) is 25.3. The molecule has 9 nitrogen and oxygen atoms in total. The summed E-state index contributed by atoms with van der Waals surface area (Å²) >= 11 is 8.37. The summed E-state index contributed by atoms with van der Waals surface area (Å²) in [6.07, 6.45) is 1.44. The topological polar surface area (TPSA) is 133 Å². The Bertz CT molecular complexity index is 1260. The van der Waals surface area contributed by atoms with Crippen molar-refractivity contribution in [1.82, 2.24) is 4.90 Å². The number of nitrogens with zero attached hydrogens (tertiary/aromatic N) is 1. The lowest BCUT2D eigenvalue weighted by molar-refractivity contribution is -0.127. The summed E-state index contributed by atoms with van der Waals surface area (Å²) in [5, 5.41) is -0.234. The van der Waals surface area contributed by atoms with E-state index in [2.05, 4.69) is 0 Å². The van der Waals surface area contributed by atoms with Gasteiger partial charge in [0.15, 0.2) is 11.5 Å². The minimum absolute atomic E-state index is 0.0219. The lowest BCUT2D eigenvalue weighted by Crippen LogP contribution is -2.36. The largest absolute Gasteiger partial charge is 0.490 e. The standard InChI is InChI=1S/C20H16ClIN2O7S2/c1-2-30-15-8-11(9-16-19(26)24(10-17(23)25)20(27)32-16)7-14(22)18(15)31-33(28,29)13-5-3-12(21)4-6-13/h3-9H,2,10H2,1H3,(H2,23,25)/b16-9-. The van der Waals surface area contributed by atoms with Gasteiger partial charge in [-0.3, -0.25) is 19.3 Å². The molecule has 0 aromatic heterocycles. The number of imide groups is 1. The van der Waals surface area contributed by atoms with Crippen LogP contribution in [0.1, 0.15) is 12.5 Å². The Hall–Kier alpha value is -2.29. The maximum atomic E-state index is 12.7. The summed E-state index contributed by atoms with van der Waals surface area (Å²) in [7, 11) is -4.18. The molecule has 13 heteroatoms. The van der Waals surface area contributed by atoms with Crippen LogP contribution < -0.4 is 14.7 Å². The van der Waals surface area contributed by atoms with Gasteiger partial charge in [0, 0.05) is 5.02 Å². The van der Waals surface area contributed by atoms with Gasteiger partial charge in [-0.2, -0.15) is 8.42 Å². The number of carbonyl (C=O) groups excluding carboxylic acids is 3. The van der Waals surface area contributed by atoms with Crippen LogP contribution in [-0.2, 0) is 19.7 Å². The van der Waals surface area contributed by atoms with Crippen molar-refractivity contribution in [1.29, 1.82) is 0 Å². The maximum absolute atomic E-state index is 12.7. The molecule has 0 bridgehead atoms. The average molecular weight is 623 g/mol. The number of amides is 3. The molecule has 0 atom stereocenters. The maximum Gasteiger partial charge on any atom is 0.339 e. The van der Waals surface area contributed by atoms with Gasteiger partial charge in [0.2, 0.25) is 5.91 Å². The molecule has 0 spiro atoms. The van der Waals surface area contributed by atoms with Crippen LogP contribution >= 0.6 is 46.0 Å². The summed E-state index contributed by atoms with van der Waals surface area (Å²) in [4.78, 5) is 36.3. The van der Waals surface area contributed by atoms with Gasteiger partial charge in [-0.1, -0.05) is 11.6 Å². The number of hydrogen-bond acceptors (Lipinski definition) is 8. The van der Waals surface area contributed by atoms with E-state index in [0.717, 1.165) is 4.90 Å². The van der Waals surface area contributed by atoms with E-state index in [1.165, 1.54) is 36.4 Å². The van der Waals surface area contributed by atoms with Crippen molar-refractivity contribution in [3.05, 3.63) is 55.5 Å².